The Morgan fingerprint density at radius 1 is 1.32 bits per heavy atom. The molecule has 2 aromatic rings. The lowest BCUT2D eigenvalue weighted by molar-refractivity contribution is 0.305. The Hall–Kier alpha value is -1.26. The molecule has 0 saturated heterocycles. The first-order valence-electron chi connectivity index (χ1n) is 5.47. The Balaban J connectivity index is 2.21. The summed E-state index contributed by atoms with van der Waals surface area (Å²) < 4.78 is 7.59. The van der Waals surface area contributed by atoms with Crippen molar-refractivity contribution in [2.24, 2.45) is 0 Å². The molecule has 5 heteroatoms. The number of rotatable bonds is 3. The summed E-state index contributed by atoms with van der Waals surface area (Å²) in [4.78, 5) is 0. The average molecular weight is 429 g/mol. The number of nitrogens with zero attached hydrogens (tertiary/aromatic N) is 1. The second-order valence-electron chi connectivity index (χ2n) is 3.87. The predicted molar refractivity (Wildman–Crippen MR) is 86.8 cm³/mol. The quantitative estimate of drug-likeness (QED) is 0.591. The molecule has 0 amide bonds. The third kappa shape index (κ3) is 3.39. The molecule has 2 rings (SSSR count). The van der Waals surface area contributed by atoms with Crippen molar-refractivity contribution < 1.29 is 4.74 Å². The van der Waals surface area contributed by atoms with Gasteiger partial charge in [0.2, 0.25) is 0 Å². The molecule has 0 aliphatic heterocycles. The van der Waals surface area contributed by atoms with Gasteiger partial charge in [0, 0.05) is 10.0 Å². The number of halogens is 2. The fourth-order valence-corrected chi connectivity index (χ4v) is 2.80. The molecule has 0 atom stereocenters. The fourth-order valence-electron chi connectivity index (χ4n) is 1.60. The summed E-state index contributed by atoms with van der Waals surface area (Å²) in [6, 6.07) is 13.3. The maximum atomic E-state index is 8.87. The number of hydrogen-bond donors (Lipinski definition) is 1. The Bertz CT molecular complexity index is 629. The van der Waals surface area contributed by atoms with Crippen LogP contribution in [0.4, 0.5) is 5.69 Å². The van der Waals surface area contributed by atoms with E-state index in [4.69, 9.17) is 15.7 Å². The summed E-state index contributed by atoms with van der Waals surface area (Å²) in [5.74, 6) is 0.621. The van der Waals surface area contributed by atoms with Crippen LogP contribution < -0.4 is 10.5 Å². The smallest absolute Gasteiger partial charge is 0.156 e. The van der Waals surface area contributed by atoms with Crippen molar-refractivity contribution in [3.63, 3.8) is 0 Å². The van der Waals surface area contributed by atoms with Crippen LogP contribution in [0.1, 0.15) is 11.1 Å². The third-order valence-electron chi connectivity index (χ3n) is 2.53. The van der Waals surface area contributed by atoms with Gasteiger partial charge in [-0.2, -0.15) is 5.26 Å². The number of nitriles is 1. The molecule has 96 valence electrons. The lowest BCUT2D eigenvalue weighted by Crippen LogP contribution is -2.02. The molecule has 3 nitrogen and oxygen atoms in total. The molecule has 0 radical (unpaired) electrons. The van der Waals surface area contributed by atoms with Crippen molar-refractivity contribution in [2.75, 3.05) is 5.73 Å². The van der Waals surface area contributed by atoms with E-state index in [1.165, 1.54) is 0 Å². The van der Waals surface area contributed by atoms with Gasteiger partial charge in [0.1, 0.15) is 6.61 Å². The van der Waals surface area contributed by atoms with Gasteiger partial charge in [-0.25, -0.2) is 0 Å². The summed E-state index contributed by atoms with van der Waals surface area (Å²) >= 11 is 5.59. The van der Waals surface area contributed by atoms with E-state index >= 15 is 0 Å². The van der Waals surface area contributed by atoms with Gasteiger partial charge in [-0.05, 0) is 40.8 Å². The third-order valence-corrected chi connectivity index (χ3v) is 4.11. The van der Waals surface area contributed by atoms with E-state index in [0.29, 0.717) is 23.6 Å². The van der Waals surface area contributed by atoms with Gasteiger partial charge < -0.3 is 10.5 Å². The van der Waals surface area contributed by atoms with Crippen LogP contribution in [0.15, 0.2) is 40.9 Å². The lowest BCUT2D eigenvalue weighted by Gasteiger charge is -2.12. The van der Waals surface area contributed by atoms with Gasteiger partial charge in [-0.15, -0.1) is 0 Å². The molecule has 0 bridgehead atoms. The zero-order valence-corrected chi connectivity index (χ0v) is 13.6. The maximum absolute atomic E-state index is 8.87. The molecule has 19 heavy (non-hydrogen) atoms. The number of anilines is 1. The monoisotopic (exact) mass is 428 g/mol. The Morgan fingerprint density at radius 3 is 2.68 bits per heavy atom. The zero-order valence-electron chi connectivity index (χ0n) is 9.86. The number of hydrogen-bond acceptors (Lipinski definition) is 3. The van der Waals surface area contributed by atoms with Crippen molar-refractivity contribution in [2.45, 2.75) is 6.61 Å². The molecule has 0 unspecified atom stereocenters. The zero-order chi connectivity index (χ0) is 13.8. The van der Waals surface area contributed by atoms with Crippen LogP contribution in [0.2, 0.25) is 0 Å². The molecule has 0 aliphatic carbocycles. The molecular weight excluding hydrogens is 419 g/mol. The Kier molecular flexibility index (Phi) is 4.66. The minimum absolute atomic E-state index is 0.424. The minimum Gasteiger partial charge on any atom is -0.486 e. The molecule has 2 aromatic carbocycles. The summed E-state index contributed by atoms with van der Waals surface area (Å²) in [5.41, 5.74) is 7.97. The van der Waals surface area contributed by atoms with Crippen LogP contribution in [0.5, 0.6) is 5.75 Å². The van der Waals surface area contributed by atoms with Crippen molar-refractivity contribution in [1.29, 1.82) is 5.26 Å². The molecular formula is C14H10BrIN2O. The molecule has 0 saturated carbocycles. The van der Waals surface area contributed by atoms with Gasteiger partial charge in [-0.3, -0.25) is 0 Å². The van der Waals surface area contributed by atoms with Crippen LogP contribution in [0.25, 0.3) is 0 Å². The van der Waals surface area contributed by atoms with Crippen molar-refractivity contribution in [1.82, 2.24) is 0 Å². The van der Waals surface area contributed by atoms with Crippen molar-refractivity contribution in [3.05, 3.63) is 55.6 Å². The van der Waals surface area contributed by atoms with E-state index in [2.05, 4.69) is 44.6 Å². The maximum Gasteiger partial charge on any atom is 0.156 e. The highest BCUT2D eigenvalue weighted by atomic mass is 127. The predicted octanol–water partition coefficient (Wildman–Crippen LogP) is 4.09. The van der Waals surface area contributed by atoms with Gasteiger partial charge in [0.15, 0.2) is 5.75 Å². The van der Waals surface area contributed by atoms with Gasteiger partial charge in [0.25, 0.3) is 0 Å². The molecule has 0 spiro atoms. The Morgan fingerprint density at radius 2 is 2.05 bits per heavy atom. The fraction of sp³-hybridized carbons (Fsp3) is 0.0714. The summed E-state index contributed by atoms with van der Waals surface area (Å²) in [5, 5.41) is 8.87. The number of nitrogen functional groups attached to an aromatic ring is 1. The van der Waals surface area contributed by atoms with Crippen LogP contribution in [0, 0.1) is 14.9 Å². The van der Waals surface area contributed by atoms with Crippen molar-refractivity contribution in [3.8, 4) is 11.8 Å². The van der Waals surface area contributed by atoms with E-state index in [0.717, 1.165) is 13.6 Å². The largest absolute Gasteiger partial charge is 0.486 e. The van der Waals surface area contributed by atoms with E-state index in [-0.39, 0.29) is 0 Å². The summed E-state index contributed by atoms with van der Waals surface area (Å²) in [7, 11) is 0. The van der Waals surface area contributed by atoms with Crippen LogP contribution in [-0.2, 0) is 6.61 Å². The lowest BCUT2D eigenvalue weighted by atomic mass is 10.2. The van der Waals surface area contributed by atoms with Crippen LogP contribution >= 0.6 is 38.5 Å². The first-order valence-corrected chi connectivity index (χ1v) is 7.34. The van der Waals surface area contributed by atoms with E-state index in [1.54, 1.807) is 12.1 Å². The Labute approximate surface area is 133 Å². The number of ether oxygens (including phenoxy) is 1. The van der Waals surface area contributed by atoms with E-state index in [9.17, 15) is 0 Å². The van der Waals surface area contributed by atoms with Crippen molar-refractivity contribution >= 4 is 44.2 Å². The molecule has 0 aliphatic rings. The van der Waals surface area contributed by atoms with Gasteiger partial charge in [0.05, 0.1) is 20.9 Å². The SMILES string of the molecule is N#Cc1cc(N)c(OCc2ccccc2Br)c(I)c1. The van der Waals surface area contributed by atoms with E-state index in [1.807, 2.05) is 24.3 Å². The second-order valence-corrected chi connectivity index (χ2v) is 5.88. The summed E-state index contributed by atoms with van der Waals surface area (Å²) in [6.07, 6.45) is 0. The second kappa shape index (κ2) is 6.26. The topological polar surface area (TPSA) is 59.0 Å². The molecule has 2 N–H and O–H groups in total. The first kappa shape index (κ1) is 14.2. The summed E-state index contributed by atoms with van der Waals surface area (Å²) in [6.45, 7) is 0.424. The van der Waals surface area contributed by atoms with Gasteiger partial charge >= 0.3 is 0 Å². The minimum atomic E-state index is 0.424. The highest BCUT2D eigenvalue weighted by Gasteiger charge is 2.09. The highest BCUT2D eigenvalue weighted by molar-refractivity contribution is 14.1. The standard InChI is InChI=1S/C14H10BrIN2O/c15-11-4-2-1-3-10(11)8-19-14-12(16)5-9(7-17)6-13(14)18/h1-6H,8,18H2. The normalized spacial score (nSPS) is 9.95. The highest BCUT2D eigenvalue weighted by Crippen LogP contribution is 2.30. The molecule has 0 heterocycles. The first-order chi connectivity index (χ1) is 9.11. The van der Waals surface area contributed by atoms with Crippen LogP contribution in [0.3, 0.4) is 0 Å². The molecule has 0 aromatic heterocycles. The average Bonchev–Trinajstić information content (AvgIpc) is 2.39. The van der Waals surface area contributed by atoms with Crippen LogP contribution in [-0.4, -0.2) is 0 Å². The van der Waals surface area contributed by atoms with E-state index < -0.39 is 0 Å². The number of nitrogens with two attached hydrogens (primary N) is 1. The van der Waals surface area contributed by atoms with Gasteiger partial charge in [-0.1, -0.05) is 34.1 Å². The number of benzene rings is 2. The molecule has 0 fully saturated rings.